The summed E-state index contributed by atoms with van der Waals surface area (Å²) >= 11 is 0. The number of carbonyl (C=O) groups is 1. The third-order valence-corrected chi connectivity index (χ3v) is 1.62. The summed E-state index contributed by atoms with van der Waals surface area (Å²) in [5, 5.41) is 10.8. The van der Waals surface area contributed by atoms with Crippen LogP contribution in [0.15, 0.2) is 15.4 Å². The molecule has 1 rings (SSSR count). The van der Waals surface area contributed by atoms with Gasteiger partial charge in [-0.05, 0) is 12.8 Å². The molecule has 0 saturated carbocycles. The summed E-state index contributed by atoms with van der Waals surface area (Å²) in [5.41, 5.74) is 5.33. The highest BCUT2D eigenvalue weighted by Crippen LogP contribution is 1.98. The largest absolute Gasteiger partial charge is 0.480 e. The van der Waals surface area contributed by atoms with E-state index in [9.17, 15) is 9.59 Å². The van der Waals surface area contributed by atoms with Crippen molar-refractivity contribution in [2.24, 2.45) is 5.73 Å². The molecule has 0 spiro atoms. The van der Waals surface area contributed by atoms with E-state index in [0.717, 1.165) is 0 Å². The molecule has 1 heterocycles. The molecule has 0 saturated heterocycles. The maximum Gasteiger partial charge on any atom is 0.357 e. The van der Waals surface area contributed by atoms with Crippen LogP contribution >= 0.6 is 0 Å². The molecule has 0 aliphatic rings. The maximum atomic E-state index is 10.5. The summed E-state index contributed by atoms with van der Waals surface area (Å²) in [6.07, 6.45) is 0.657. The van der Waals surface area contributed by atoms with Gasteiger partial charge >= 0.3 is 11.6 Å². The van der Waals surface area contributed by atoms with Gasteiger partial charge in [0.1, 0.15) is 6.04 Å². The lowest BCUT2D eigenvalue weighted by Gasteiger charge is -2.02. The molecule has 0 amide bonds. The molecule has 1 aromatic rings. The number of carboxylic acids is 1. The van der Waals surface area contributed by atoms with Gasteiger partial charge in [0.2, 0.25) is 0 Å². The van der Waals surface area contributed by atoms with Crippen molar-refractivity contribution in [1.29, 1.82) is 0 Å². The minimum atomic E-state index is -1.05. The fourth-order valence-corrected chi connectivity index (χ4v) is 0.875. The fourth-order valence-electron chi connectivity index (χ4n) is 0.875. The van der Waals surface area contributed by atoms with Gasteiger partial charge < -0.3 is 15.4 Å². The summed E-state index contributed by atoms with van der Waals surface area (Å²) in [4.78, 5) is 20.8. The molecule has 4 N–H and O–H groups in total. The Labute approximate surface area is 73.3 Å². The molecule has 1 atom stereocenters. The van der Waals surface area contributed by atoms with Gasteiger partial charge in [0.05, 0.1) is 5.69 Å². The van der Waals surface area contributed by atoms with Crippen molar-refractivity contribution in [2.75, 3.05) is 0 Å². The van der Waals surface area contributed by atoms with Gasteiger partial charge in [-0.2, -0.15) is 0 Å². The number of aliphatic carboxylic acids is 1. The Morgan fingerprint density at radius 1 is 1.77 bits per heavy atom. The Balaban J connectivity index is 2.43. The SMILES string of the molecule is N[C@@H](CCc1cc(=O)o[nH]1)C(=O)O. The second-order valence-electron chi connectivity index (χ2n) is 2.68. The Kier molecular flexibility index (Phi) is 2.86. The molecule has 0 aliphatic carbocycles. The lowest BCUT2D eigenvalue weighted by Crippen LogP contribution is -2.30. The van der Waals surface area contributed by atoms with E-state index in [0.29, 0.717) is 12.1 Å². The summed E-state index contributed by atoms with van der Waals surface area (Å²) in [5.74, 6) is -1.05. The van der Waals surface area contributed by atoms with Crippen molar-refractivity contribution in [3.63, 3.8) is 0 Å². The zero-order valence-corrected chi connectivity index (χ0v) is 6.82. The number of aromatic amines is 1. The molecular weight excluding hydrogens is 176 g/mol. The van der Waals surface area contributed by atoms with E-state index in [1.54, 1.807) is 0 Å². The number of H-pyrrole nitrogens is 1. The van der Waals surface area contributed by atoms with Gasteiger partial charge in [-0.25, -0.2) is 9.95 Å². The Morgan fingerprint density at radius 3 is 2.92 bits per heavy atom. The predicted octanol–water partition coefficient (Wildman–Crippen LogP) is -0.688. The van der Waals surface area contributed by atoms with Crippen molar-refractivity contribution in [3.05, 3.63) is 22.2 Å². The summed E-state index contributed by atoms with van der Waals surface area (Å²) < 4.78 is 4.39. The molecule has 1 aromatic heterocycles. The average molecular weight is 186 g/mol. The van der Waals surface area contributed by atoms with E-state index >= 15 is 0 Å². The van der Waals surface area contributed by atoms with Gasteiger partial charge in [0.15, 0.2) is 0 Å². The first-order valence-corrected chi connectivity index (χ1v) is 3.75. The van der Waals surface area contributed by atoms with Gasteiger partial charge in [0, 0.05) is 6.07 Å². The monoisotopic (exact) mass is 186 g/mol. The number of nitrogens with one attached hydrogen (secondary N) is 1. The summed E-state index contributed by atoms with van der Waals surface area (Å²) in [6.45, 7) is 0. The molecule has 13 heavy (non-hydrogen) atoms. The number of rotatable bonds is 4. The van der Waals surface area contributed by atoms with Crippen LogP contribution in [0.25, 0.3) is 0 Å². The van der Waals surface area contributed by atoms with Gasteiger partial charge in [-0.3, -0.25) is 4.79 Å². The molecule has 0 aromatic carbocycles. The highest BCUT2D eigenvalue weighted by atomic mass is 16.5. The predicted molar refractivity (Wildman–Crippen MR) is 43.3 cm³/mol. The zero-order chi connectivity index (χ0) is 9.84. The van der Waals surface area contributed by atoms with Crippen LogP contribution in [0.1, 0.15) is 12.1 Å². The van der Waals surface area contributed by atoms with Crippen molar-refractivity contribution in [3.8, 4) is 0 Å². The molecule has 0 bridgehead atoms. The Morgan fingerprint density at radius 2 is 2.46 bits per heavy atom. The minimum absolute atomic E-state index is 0.269. The minimum Gasteiger partial charge on any atom is -0.480 e. The smallest absolute Gasteiger partial charge is 0.357 e. The molecule has 0 unspecified atom stereocenters. The third-order valence-electron chi connectivity index (χ3n) is 1.62. The van der Waals surface area contributed by atoms with Crippen LogP contribution in [0.2, 0.25) is 0 Å². The van der Waals surface area contributed by atoms with Crippen LogP contribution in [0.3, 0.4) is 0 Å². The lowest BCUT2D eigenvalue weighted by molar-refractivity contribution is -0.138. The lowest BCUT2D eigenvalue weighted by atomic mass is 10.1. The first-order valence-electron chi connectivity index (χ1n) is 3.75. The number of aromatic nitrogens is 1. The Hall–Kier alpha value is -1.56. The van der Waals surface area contributed by atoms with E-state index in [1.165, 1.54) is 6.07 Å². The third kappa shape index (κ3) is 2.75. The first-order chi connectivity index (χ1) is 6.09. The van der Waals surface area contributed by atoms with E-state index in [4.69, 9.17) is 10.8 Å². The molecule has 72 valence electrons. The number of nitrogens with two attached hydrogens (primary N) is 1. The molecule has 0 radical (unpaired) electrons. The van der Waals surface area contributed by atoms with Crippen LogP contribution in [-0.4, -0.2) is 22.3 Å². The van der Waals surface area contributed by atoms with Crippen molar-refractivity contribution < 1.29 is 14.4 Å². The van der Waals surface area contributed by atoms with E-state index in [-0.39, 0.29) is 6.42 Å². The fraction of sp³-hybridized carbons (Fsp3) is 0.429. The second kappa shape index (κ2) is 3.90. The molecule has 0 aliphatic heterocycles. The average Bonchev–Trinajstić information content (AvgIpc) is 2.47. The topological polar surface area (TPSA) is 109 Å². The van der Waals surface area contributed by atoms with Crippen molar-refractivity contribution in [1.82, 2.24) is 5.16 Å². The normalized spacial score (nSPS) is 12.7. The first kappa shape index (κ1) is 9.53. The van der Waals surface area contributed by atoms with Gasteiger partial charge in [0.25, 0.3) is 0 Å². The molecule has 6 heteroatoms. The highest BCUT2D eigenvalue weighted by molar-refractivity contribution is 5.72. The molecule has 6 nitrogen and oxygen atoms in total. The van der Waals surface area contributed by atoms with E-state index in [2.05, 4.69) is 9.68 Å². The maximum absolute atomic E-state index is 10.5. The Bertz CT molecular complexity index is 340. The van der Waals surface area contributed by atoms with Crippen LogP contribution < -0.4 is 11.4 Å². The van der Waals surface area contributed by atoms with E-state index < -0.39 is 17.6 Å². The number of carboxylic acid groups (broad SMARTS) is 1. The van der Waals surface area contributed by atoms with Crippen molar-refractivity contribution in [2.45, 2.75) is 18.9 Å². The van der Waals surface area contributed by atoms with Gasteiger partial charge in [-0.15, -0.1) is 0 Å². The summed E-state index contributed by atoms with van der Waals surface area (Å²) in [7, 11) is 0. The quantitative estimate of drug-likeness (QED) is 0.576. The van der Waals surface area contributed by atoms with Crippen molar-refractivity contribution >= 4 is 5.97 Å². The van der Waals surface area contributed by atoms with Crippen LogP contribution in [0.5, 0.6) is 0 Å². The highest BCUT2D eigenvalue weighted by Gasteiger charge is 2.11. The van der Waals surface area contributed by atoms with Crippen LogP contribution in [-0.2, 0) is 11.2 Å². The van der Waals surface area contributed by atoms with E-state index in [1.807, 2.05) is 0 Å². The number of hydrogen-bond acceptors (Lipinski definition) is 4. The standard InChI is InChI=1S/C7H10N2O4/c8-5(7(11)12)2-1-4-3-6(10)13-9-4/h3,5,9H,1-2,8H2,(H,11,12)/t5-/m0/s1. The zero-order valence-electron chi connectivity index (χ0n) is 6.82. The molecular formula is C7H10N2O4. The van der Waals surface area contributed by atoms with Gasteiger partial charge in [-0.1, -0.05) is 0 Å². The summed E-state index contributed by atoms with van der Waals surface area (Å²) in [6, 6.07) is 0.368. The molecule has 0 fully saturated rings. The second-order valence-corrected chi connectivity index (χ2v) is 2.68. The van der Waals surface area contributed by atoms with Crippen LogP contribution in [0.4, 0.5) is 0 Å². The number of hydrogen-bond donors (Lipinski definition) is 3. The van der Waals surface area contributed by atoms with Crippen LogP contribution in [0, 0.1) is 0 Å². The number of aryl methyl sites for hydroxylation is 1.